The second-order valence-corrected chi connectivity index (χ2v) is 7.80. The van der Waals surface area contributed by atoms with E-state index in [-0.39, 0.29) is 3.41 Å². The zero-order chi connectivity index (χ0) is 7.19. The lowest BCUT2D eigenvalue weighted by atomic mass is 10.1. The molecule has 0 N–H and O–H groups in total. The monoisotopic (exact) mass is 210 g/mol. The normalized spacial score (nSPS) is 37.2. The van der Waals surface area contributed by atoms with Gasteiger partial charge in [-0.1, -0.05) is 0 Å². The Bertz CT molecular complexity index is 141. The predicted molar refractivity (Wildman–Crippen MR) is 57.5 cm³/mol. The van der Waals surface area contributed by atoms with Crippen molar-refractivity contribution in [2.24, 2.45) is 5.92 Å². The lowest BCUT2D eigenvalue weighted by molar-refractivity contribution is 0.589. The third-order valence-corrected chi connectivity index (χ3v) is 6.16. The number of thiol groups is 2. The van der Waals surface area contributed by atoms with E-state index in [0.717, 1.165) is 11.2 Å². The molecule has 0 radical (unpaired) electrons. The minimum atomic E-state index is 0.0280. The van der Waals surface area contributed by atoms with Crippen LogP contribution < -0.4 is 0 Å². The van der Waals surface area contributed by atoms with Crippen molar-refractivity contribution in [3.8, 4) is 0 Å². The smallest absolute Gasteiger partial charge is 0.113 e. The van der Waals surface area contributed by atoms with E-state index in [1.54, 1.807) is 0 Å². The first-order valence-corrected chi connectivity index (χ1v) is 6.31. The zero-order valence-electron chi connectivity index (χ0n) is 5.49. The molecule has 1 atom stereocenters. The van der Waals surface area contributed by atoms with E-state index < -0.39 is 0 Å². The molecule has 2 saturated heterocycles. The molecule has 2 fully saturated rings. The Morgan fingerprint density at radius 1 is 1.40 bits per heavy atom. The van der Waals surface area contributed by atoms with Gasteiger partial charge < -0.3 is 0 Å². The highest BCUT2D eigenvalue weighted by Gasteiger charge is 2.50. The van der Waals surface area contributed by atoms with Gasteiger partial charge in [0.15, 0.2) is 0 Å². The third-order valence-electron chi connectivity index (χ3n) is 1.93. The second-order valence-electron chi connectivity index (χ2n) is 2.90. The van der Waals surface area contributed by atoms with Crippen molar-refractivity contribution in [2.75, 3.05) is 11.5 Å². The van der Waals surface area contributed by atoms with E-state index in [1.807, 2.05) is 11.8 Å². The third kappa shape index (κ3) is 1.59. The molecule has 2 heterocycles. The van der Waals surface area contributed by atoms with Crippen LogP contribution in [0.5, 0.6) is 0 Å². The van der Waals surface area contributed by atoms with Gasteiger partial charge in [-0.25, -0.2) is 0 Å². The van der Waals surface area contributed by atoms with Crippen LogP contribution in [-0.2, 0) is 0 Å². The Kier molecular flexibility index (Phi) is 2.18. The SMILES string of the molecule is SC1(S)SC1CC1CSC1. The van der Waals surface area contributed by atoms with Crippen LogP contribution in [0.3, 0.4) is 0 Å². The Balaban J connectivity index is 1.73. The lowest BCUT2D eigenvalue weighted by Gasteiger charge is -2.24. The summed E-state index contributed by atoms with van der Waals surface area (Å²) in [6.45, 7) is 0. The maximum absolute atomic E-state index is 4.39. The van der Waals surface area contributed by atoms with Gasteiger partial charge in [0.2, 0.25) is 0 Å². The van der Waals surface area contributed by atoms with E-state index in [0.29, 0.717) is 0 Å². The zero-order valence-corrected chi connectivity index (χ0v) is 8.91. The fraction of sp³-hybridized carbons (Fsp3) is 1.00. The average molecular weight is 210 g/mol. The van der Waals surface area contributed by atoms with Crippen LogP contribution in [0, 0.1) is 5.92 Å². The summed E-state index contributed by atoms with van der Waals surface area (Å²) in [6.07, 6.45) is 1.34. The predicted octanol–water partition coefficient (Wildman–Crippen LogP) is 2.37. The van der Waals surface area contributed by atoms with Crippen LogP contribution in [0.1, 0.15) is 6.42 Å². The van der Waals surface area contributed by atoms with Crippen LogP contribution in [0.4, 0.5) is 0 Å². The van der Waals surface area contributed by atoms with Gasteiger partial charge in [0.25, 0.3) is 0 Å². The molecule has 0 saturated carbocycles. The highest BCUT2D eigenvalue weighted by atomic mass is 32.2. The topological polar surface area (TPSA) is 0 Å². The highest BCUT2D eigenvalue weighted by Crippen LogP contribution is 2.62. The summed E-state index contributed by atoms with van der Waals surface area (Å²) in [5.74, 6) is 3.72. The van der Waals surface area contributed by atoms with Gasteiger partial charge >= 0.3 is 0 Å². The molecule has 0 nitrogen and oxygen atoms in total. The second kappa shape index (κ2) is 2.71. The molecule has 4 heteroatoms. The summed E-state index contributed by atoms with van der Waals surface area (Å²) < 4.78 is 0.0280. The van der Waals surface area contributed by atoms with Crippen molar-refractivity contribution in [2.45, 2.75) is 15.1 Å². The molecule has 2 aliphatic rings. The summed E-state index contributed by atoms with van der Waals surface area (Å²) in [5.41, 5.74) is 0. The number of rotatable bonds is 2. The minimum Gasteiger partial charge on any atom is -0.161 e. The van der Waals surface area contributed by atoms with E-state index >= 15 is 0 Å². The summed E-state index contributed by atoms with van der Waals surface area (Å²) in [6, 6.07) is 0. The molecule has 2 aliphatic heterocycles. The van der Waals surface area contributed by atoms with Crippen LogP contribution in [0.25, 0.3) is 0 Å². The van der Waals surface area contributed by atoms with Crippen LogP contribution in [0.2, 0.25) is 0 Å². The van der Waals surface area contributed by atoms with Crippen molar-refractivity contribution in [1.29, 1.82) is 0 Å². The van der Waals surface area contributed by atoms with Gasteiger partial charge in [0.05, 0.1) is 0 Å². The molecular weight excluding hydrogens is 200 g/mol. The molecule has 0 aliphatic carbocycles. The first-order valence-electron chi connectivity index (χ1n) is 3.39. The number of hydrogen-bond donors (Lipinski definition) is 2. The number of hydrogen-bond acceptors (Lipinski definition) is 4. The van der Waals surface area contributed by atoms with Gasteiger partial charge in [0, 0.05) is 5.25 Å². The van der Waals surface area contributed by atoms with Gasteiger partial charge in [-0.05, 0) is 23.8 Å². The molecule has 0 aromatic heterocycles. The summed E-state index contributed by atoms with van der Waals surface area (Å²) in [7, 11) is 0. The van der Waals surface area contributed by atoms with Crippen LogP contribution >= 0.6 is 48.8 Å². The summed E-state index contributed by atoms with van der Waals surface area (Å²) in [5, 5.41) is 0.727. The molecule has 0 amide bonds. The average Bonchev–Trinajstić information content (AvgIpc) is 2.29. The van der Waals surface area contributed by atoms with Crippen molar-refractivity contribution in [1.82, 2.24) is 0 Å². The van der Waals surface area contributed by atoms with Crippen LogP contribution in [0.15, 0.2) is 0 Å². The van der Waals surface area contributed by atoms with Gasteiger partial charge in [-0.3, -0.25) is 0 Å². The Labute approximate surface area is 81.1 Å². The van der Waals surface area contributed by atoms with Gasteiger partial charge in [-0.2, -0.15) is 37.0 Å². The van der Waals surface area contributed by atoms with Crippen LogP contribution in [-0.4, -0.2) is 20.2 Å². The van der Waals surface area contributed by atoms with E-state index in [2.05, 4.69) is 37.0 Å². The van der Waals surface area contributed by atoms with Crippen molar-refractivity contribution in [3.05, 3.63) is 0 Å². The summed E-state index contributed by atoms with van der Waals surface area (Å²) in [4.78, 5) is 0. The van der Waals surface area contributed by atoms with Crippen molar-refractivity contribution in [3.63, 3.8) is 0 Å². The molecule has 0 spiro atoms. The molecule has 0 aromatic rings. The molecule has 10 heavy (non-hydrogen) atoms. The minimum absolute atomic E-state index is 0.0280. The van der Waals surface area contributed by atoms with E-state index in [9.17, 15) is 0 Å². The fourth-order valence-electron chi connectivity index (χ4n) is 1.10. The molecule has 0 bridgehead atoms. The van der Waals surface area contributed by atoms with Gasteiger partial charge in [0.1, 0.15) is 3.41 Å². The molecular formula is C6H10S4. The maximum Gasteiger partial charge on any atom is 0.113 e. The molecule has 1 unspecified atom stereocenters. The Morgan fingerprint density at radius 2 is 2.00 bits per heavy atom. The summed E-state index contributed by atoms with van der Waals surface area (Å²) >= 11 is 12.7. The lowest BCUT2D eigenvalue weighted by Crippen LogP contribution is -2.20. The van der Waals surface area contributed by atoms with E-state index in [1.165, 1.54) is 17.9 Å². The quantitative estimate of drug-likeness (QED) is 0.408. The molecule has 2 rings (SSSR count). The first-order chi connectivity index (χ1) is 4.68. The highest BCUT2D eigenvalue weighted by molar-refractivity contribution is 8.31. The first kappa shape index (κ1) is 8.02. The molecule has 0 aromatic carbocycles. The number of thioether (sulfide) groups is 2. The van der Waals surface area contributed by atoms with E-state index in [4.69, 9.17) is 0 Å². The van der Waals surface area contributed by atoms with Crippen molar-refractivity contribution < 1.29 is 0 Å². The molecule has 58 valence electrons. The Hall–Kier alpha value is 1.40. The largest absolute Gasteiger partial charge is 0.161 e. The fourth-order valence-corrected chi connectivity index (χ4v) is 3.73. The Morgan fingerprint density at radius 3 is 2.30 bits per heavy atom. The maximum atomic E-state index is 4.39. The standard InChI is InChI=1S/C6H10S4/c7-6(8)5(10-6)1-4-2-9-3-4/h4-5,7-8H,1-3H2. The van der Waals surface area contributed by atoms with Crippen molar-refractivity contribution >= 4 is 48.8 Å². The van der Waals surface area contributed by atoms with Gasteiger partial charge in [-0.15, -0.1) is 11.8 Å².